The molecule has 1 aromatic carbocycles. The summed E-state index contributed by atoms with van der Waals surface area (Å²) in [5.74, 6) is 0. The third kappa shape index (κ3) is 2.27. The van der Waals surface area contributed by atoms with Crippen LogP contribution < -0.4 is 0 Å². The lowest BCUT2D eigenvalue weighted by Crippen LogP contribution is -2.07. The lowest BCUT2D eigenvalue weighted by atomic mass is 10.1. The zero-order chi connectivity index (χ0) is 13.1. The molecule has 2 aromatic rings. The van der Waals surface area contributed by atoms with E-state index in [4.69, 9.17) is 4.74 Å². The summed E-state index contributed by atoms with van der Waals surface area (Å²) in [4.78, 5) is 0. The van der Waals surface area contributed by atoms with Crippen LogP contribution in [-0.2, 0) is 18.0 Å². The van der Waals surface area contributed by atoms with Gasteiger partial charge >= 0.3 is 0 Å². The van der Waals surface area contributed by atoms with E-state index in [-0.39, 0.29) is 6.61 Å². The molecule has 1 aromatic heterocycles. The van der Waals surface area contributed by atoms with Crippen molar-refractivity contribution < 1.29 is 9.84 Å². The summed E-state index contributed by atoms with van der Waals surface area (Å²) >= 11 is 0. The summed E-state index contributed by atoms with van der Waals surface area (Å²) in [7, 11) is 1.61. The van der Waals surface area contributed by atoms with Gasteiger partial charge in [-0.25, -0.2) is 4.68 Å². The normalized spacial score (nSPS) is 10.9. The second-order valence-electron chi connectivity index (χ2n) is 4.28. The fourth-order valence-electron chi connectivity index (χ4n) is 1.88. The number of rotatable bonds is 4. The first-order valence-corrected chi connectivity index (χ1v) is 5.78. The summed E-state index contributed by atoms with van der Waals surface area (Å²) < 4.78 is 6.88. The lowest BCUT2D eigenvalue weighted by Gasteiger charge is -2.10. The lowest BCUT2D eigenvalue weighted by molar-refractivity contribution is 0.175. The molecule has 96 valence electrons. The second-order valence-corrected chi connectivity index (χ2v) is 4.28. The highest BCUT2D eigenvalue weighted by molar-refractivity contribution is 5.43. The number of aryl methyl sites for hydroxylation is 2. The molecule has 0 saturated heterocycles. The van der Waals surface area contributed by atoms with Crippen LogP contribution >= 0.6 is 0 Å². The predicted molar refractivity (Wildman–Crippen MR) is 67.5 cm³/mol. The Hall–Kier alpha value is -1.72. The van der Waals surface area contributed by atoms with Gasteiger partial charge in [-0.2, -0.15) is 0 Å². The van der Waals surface area contributed by atoms with E-state index in [0.29, 0.717) is 12.3 Å². The van der Waals surface area contributed by atoms with Crippen LogP contribution in [0, 0.1) is 13.8 Å². The van der Waals surface area contributed by atoms with Gasteiger partial charge in [0.1, 0.15) is 5.69 Å². The molecular weight excluding hydrogens is 230 g/mol. The summed E-state index contributed by atoms with van der Waals surface area (Å²) in [6.07, 6.45) is 0. The van der Waals surface area contributed by atoms with Crippen LogP contribution in [0.2, 0.25) is 0 Å². The van der Waals surface area contributed by atoms with Gasteiger partial charge in [-0.3, -0.25) is 0 Å². The Balaban J connectivity index is 2.56. The highest BCUT2D eigenvalue weighted by Crippen LogP contribution is 2.19. The minimum absolute atomic E-state index is 0.135. The van der Waals surface area contributed by atoms with Crippen molar-refractivity contribution in [2.45, 2.75) is 27.1 Å². The smallest absolute Gasteiger partial charge is 0.114 e. The van der Waals surface area contributed by atoms with Gasteiger partial charge in [0.05, 0.1) is 24.6 Å². The van der Waals surface area contributed by atoms with E-state index in [2.05, 4.69) is 16.4 Å². The van der Waals surface area contributed by atoms with E-state index >= 15 is 0 Å². The van der Waals surface area contributed by atoms with Crippen LogP contribution in [0.25, 0.3) is 5.69 Å². The maximum absolute atomic E-state index is 9.26. The molecule has 18 heavy (non-hydrogen) atoms. The third-order valence-corrected chi connectivity index (χ3v) is 2.87. The molecule has 0 aliphatic carbocycles. The average molecular weight is 247 g/mol. The maximum Gasteiger partial charge on any atom is 0.114 e. The Morgan fingerprint density at radius 2 is 2.11 bits per heavy atom. The Bertz CT molecular complexity index is 549. The first kappa shape index (κ1) is 12.7. The van der Waals surface area contributed by atoms with Gasteiger partial charge in [0, 0.05) is 7.11 Å². The Labute approximate surface area is 106 Å². The Morgan fingerprint density at radius 3 is 2.78 bits per heavy atom. The topological polar surface area (TPSA) is 60.2 Å². The van der Waals surface area contributed by atoms with Gasteiger partial charge in [0.15, 0.2) is 0 Å². The summed E-state index contributed by atoms with van der Waals surface area (Å²) in [6, 6.07) is 6.14. The number of hydrogen-bond donors (Lipinski definition) is 1. The summed E-state index contributed by atoms with van der Waals surface area (Å²) in [5.41, 5.74) is 4.56. The molecule has 0 unspecified atom stereocenters. The van der Waals surface area contributed by atoms with Gasteiger partial charge in [-0.15, -0.1) is 5.10 Å². The van der Waals surface area contributed by atoms with E-state index in [0.717, 1.165) is 22.5 Å². The molecule has 0 fully saturated rings. The first-order chi connectivity index (χ1) is 8.67. The standard InChI is InChI=1S/C13H17N3O2/c1-9-4-5-10(2)12(6-9)16-13(8-18-3)11(7-17)14-15-16/h4-6,17H,7-8H2,1-3H3. The molecule has 1 N–H and O–H groups in total. The van der Waals surface area contributed by atoms with E-state index in [1.807, 2.05) is 26.0 Å². The number of aliphatic hydroxyl groups excluding tert-OH is 1. The van der Waals surface area contributed by atoms with Crippen molar-refractivity contribution in [3.63, 3.8) is 0 Å². The van der Waals surface area contributed by atoms with Crippen LogP contribution in [0.15, 0.2) is 18.2 Å². The molecular formula is C13H17N3O2. The zero-order valence-corrected chi connectivity index (χ0v) is 10.8. The quantitative estimate of drug-likeness (QED) is 0.890. The van der Waals surface area contributed by atoms with Crippen molar-refractivity contribution in [3.8, 4) is 5.69 Å². The highest BCUT2D eigenvalue weighted by Gasteiger charge is 2.14. The number of aliphatic hydroxyl groups is 1. The number of benzene rings is 1. The predicted octanol–water partition coefficient (Wildman–Crippen LogP) is 1.52. The molecule has 0 aliphatic rings. The molecule has 0 radical (unpaired) electrons. The molecule has 0 atom stereocenters. The van der Waals surface area contributed by atoms with Gasteiger partial charge in [0.2, 0.25) is 0 Å². The van der Waals surface area contributed by atoms with Crippen molar-refractivity contribution in [2.75, 3.05) is 7.11 Å². The summed E-state index contributed by atoms with van der Waals surface area (Å²) in [6.45, 7) is 4.29. The van der Waals surface area contributed by atoms with Crippen LogP contribution in [0.1, 0.15) is 22.5 Å². The van der Waals surface area contributed by atoms with Crippen molar-refractivity contribution >= 4 is 0 Å². The van der Waals surface area contributed by atoms with Gasteiger partial charge in [-0.1, -0.05) is 17.3 Å². The highest BCUT2D eigenvalue weighted by atomic mass is 16.5. The SMILES string of the molecule is COCc1c(CO)nnn1-c1cc(C)ccc1C. The first-order valence-electron chi connectivity index (χ1n) is 5.78. The maximum atomic E-state index is 9.26. The van der Waals surface area contributed by atoms with E-state index in [9.17, 15) is 5.11 Å². The minimum Gasteiger partial charge on any atom is -0.390 e. The molecule has 5 nitrogen and oxygen atoms in total. The van der Waals surface area contributed by atoms with E-state index in [1.54, 1.807) is 11.8 Å². The van der Waals surface area contributed by atoms with Crippen LogP contribution in [0.4, 0.5) is 0 Å². The third-order valence-electron chi connectivity index (χ3n) is 2.87. The van der Waals surface area contributed by atoms with E-state index < -0.39 is 0 Å². The van der Waals surface area contributed by atoms with Crippen LogP contribution in [0.3, 0.4) is 0 Å². The molecule has 0 amide bonds. The molecule has 0 spiro atoms. The molecule has 5 heteroatoms. The van der Waals surface area contributed by atoms with Crippen molar-refractivity contribution in [1.29, 1.82) is 0 Å². The van der Waals surface area contributed by atoms with Crippen LogP contribution in [0.5, 0.6) is 0 Å². The zero-order valence-electron chi connectivity index (χ0n) is 10.8. The fraction of sp³-hybridized carbons (Fsp3) is 0.385. The van der Waals surface area contributed by atoms with Gasteiger partial charge in [-0.05, 0) is 31.0 Å². The summed E-state index contributed by atoms with van der Waals surface area (Å²) in [5, 5.41) is 17.3. The van der Waals surface area contributed by atoms with Crippen molar-refractivity contribution in [1.82, 2.24) is 15.0 Å². The second kappa shape index (κ2) is 5.29. The Morgan fingerprint density at radius 1 is 1.33 bits per heavy atom. The fourth-order valence-corrected chi connectivity index (χ4v) is 1.88. The van der Waals surface area contributed by atoms with Gasteiger partial charge in [0.25, 0.3) is 0 Å². The molecule has 0 saturated carbocycles. The largest absolute Gasteiger partial charge is 0.390 e. The molecule has 2 rings (SSSR count). The number of methoxy groups -OCH3 is 1. The van der Waals surface area contributed by atoms with E-state index in [1.165, 1.54) is 0 Å². The number of ether oxygens (including phenoxy) is 1. The van der Waals surface area contributed by atoms with Crippen LogP contribution in [-0.4, -0.2) is 27.2 Å². The van der Waals surface area contributed by atoms with Gasteiger partial charge < -0.3 is 9.84 Å². The number of hydrogen-bond acceptors (Lipinski definition) is 4. The number of nitrogens with zero attached hydrogens (tertiary/aromatic N) is 3. The molecule has 0 aliphatic heterocycles. The molecule has 0 bridgehead atoms. The van der Waals surface area contributed by atoms with Crippen molar-refractivity contribution in [2.24, 2.45) is 0 Å². The number of aromatic nitrogens is 3. The average Bonchev–Trinajstić information content (AvgIpc) is 2.76. The molecule has 1 heterocycles. The Kier molecular flexibility index (Phi) is 3.74. The monoisotopic (exact) mass is 247 g/mol. The van der Waals surface area contributed by atoms with Crippen molar-refractivity contribution in [3.05, 3.63) is 40.7 Å². The minimum atomic E-state index is -0.135.